The lowest BCUT2D eigenvalue weighted by molar-refractivity contribution is -0.161. The van der Waals surface area contributed by atoms with E-state index < -0.39 is 57.7 Å². The Labute approximate surface area is 343 Å². The Bertz CT molecular complexity index is 1260. The zero-order chi connectivity index (χ0) is 42.2. The Kier molecular flexibility index (Phi) is 36.3. The van der Waals surface area contributed by atoms with E-state index in [0.717, 1.165) is 51.4 Å². The maximum Gasteiger partial charge on any atom is 0.472 e. The zero-order valence-corrected chi connectivity index (χ0v) is 35.8. The summed E-state index contributed by atoms with van der Waals surface area (Å²) in [6, 6.07) is -1.56. The van der Waals surface area contributed by atoms with Crippen LogP contribution in [0.3, 0.4) is 0 Å². The summed E-state index contributed by atoms with van der Waals surface area (Å²) in [5.41, 5.74) is 5.31. The number of esters is 2. The Morgan fingerprint density at radius 1 is 0.596 bits per heavy atom. The lowest BCUT2D eigenvalue weighted by atomic mass is 10.1. The molecule has 3 atom stereocenters. The number of hydrogen-bond acceptors (Lipinski definition) is 10. The van der Waals surface area contributed by atoms with Crippen LogP contribution in [0.15, 0.2) is 60.8 Å². The lowest BCUT2D eigenvalue weighted by Crippen LogP contribution is -2.34. The van der Waals surface area contributed by atoms with Crippen LogP contribution in [0, 0.1) is 0 Å². The highest BCUT2D eigenvalue weighted by atomic mass is 31.2. The van der Waals surface area contributed by atoms with Gasteiger partial charge in [0, 0.05) is 19.3 Å². The summed E-state index contributed by atoms with van der Waals surface area (Å²) in [5, 5.41) is 8.88. The number of unbranched alkanes of at least 4 members (excludes halogenated alkanes) is 14. The number of carboxylic acids is 1. The van der Waals surface area contributed by atoms with Crippen molar-refractivity contribution in [1.29, 1.82) is 0 Å². The van der Waals surface area contributed by atoms with Crippen molar-refractivity contribution in [2.75, 3.05) is 19.8 Å². The molecule has 13 heteroatoms. The first kappa shape index (κ1) is 53.9. The van der Waals surface area contributed by atoms with E-state index in [4.69, 9.17) is 24.8 Å². The summed E-state index contributed by atoms with van der Waals surface area (Å²) in [7, 11) is -4.77. The van der Waals surface area contributed by atoms with Gasteiger partial charge in [-0.25, -0.2) is 4.57 Å². The number of hydrogen-bond donors (Lipinski definition) is 3. The Morgan fingerprint density at radius 3 is 1.75 bits per heavy atom. The number of rotatable bonds is 39. The molecule has 0 heterocycles. The van der Waals surface area contributed by atoms with Gasteiger partial charge < -0.3 is 25.2 Å². The van der Waals surface area contributed by atoms with Gasteiger partial charge in [0.15, 0.2) is 11.9 Å². The molecular weight excluding hydrogens is 749 g/mol. The number of ketones is 1. The number of carbonyl (C=O) groups excluding carboxylic acids is 3. The van der Waals surface area contributed by atoms with Crippen LogP contribution in [0.4, 0.5) is 0 Å². The second-order valence-electron chi connectivity index (χ2n) is 14.2. The maximum atomic E-state index is 12.6. The third kappa shape index (κ3) is 38.2. The highest BCUT2D eigenvalue weighted by Gasteiger charge is 2.28. The minimum absolute atomic E-state index is 0.0701. The molecule has 4 N–H and O–H groups in total. The van der Waals surface area contributed by atoms with Gasteiger partial charge >= 0.3 is 25.7 Å². The van der Waals surface area contributed by atoms with Crippen LogP contribution in [0.2, 0.25) is 0 Å². The molecule has 0 aromatic rings. The Morgan fingerprint density at radius 2 is 1.11 bits per heavy atom. The first-order valence-electron chi connectivity index (χ1n) is 21.3. The van der Waals surface area contributed by atoms with Crippen LogP contribution >= 0.6 is 7.82 Å². The van der Waals surface area contributed by atoms with Crippen LogP contribution in [0.1, 0.15) is 162 Å². The predicted molar refractivity (Wildman–Crippen MR) is 226 cm³/mol. The number of carboxylic acid groups (broad SMARTS) is 1. The summed E-state index contributed by atoms with van der Waals surface area (Å²) in [6.07, 6.45) is 40.1. The molecule has 57 heavy (non-hydrogen) atoms. The summed E-state index contributed by atoms with van der Waals surface area (Å²) < 4.78 is 32.4. The number of allylic oxidation sites excluding steroid dienone is 10. The summed E-state index contributed by atoms with van der Waals surface area (Å²) in [4.78, 5) is 58.1. The minimum Gasteiger partial charge on any atom is -0.480 e. The van der Waals surface area contributed by atoms with E-state index in [1.54, 1.807) is 12.2 Å². The fourth-order valence-electron chi connectivity index (χ4n) is 5.31. The van der Waals surface area contributed by atoms with Gasteiger partial charge in [-0.3, -0.25) is 28.2 Å². The molecule has 0 radical (unpaired) electrons. The normalized spacial score (nSPS) is 14.2. The van der Waals surface area contributed by atoms with Crippen molar-refractivity contribution in [2.45, 2.75) is 174 Å². The molecule has 0 spiro atoms. The smallest absolute Gasteiger partial charge is 0.472 e. The molecule has 0 saturated carbocycles. The second kappa shape index (κ2) is 38.4. The van der Waals surface area contributed by atoms with Gasteiger partial charge in [0.05, 0.1) is 13.2 Å². The van der Waals surface area contributed by atoms with Gasteiger partial charge in [-0.05, 0) is 70.3 Å². The van der Waals surface area contributed by atoms with E-state index in [1.165, 1.54) is 70.3 Å². The van der Waals surface area contributed by atoms with E-state index in [0.29, 0.717) is 6.42 Å². The van der Waals surface area contributed by atoms with Gasteiger partial charge in [0.2, 0.25) is 0 Å². The fraction of sp³-hybridized carbons (Fsp3) is 0.682. The molecule has 326 valence electrons. The Balaban J connectivity index is 4.59. The molecule has 0 aromatic heterocycles. The lowest BCUT2D eigenvalue weighted by Gasteiger charge is -2.20. The SMILES string of the molecule is CCCCC/C=C\C/C=C\C/C=C\C=C\C(=O)CCCC(=O)OC[C@H](COP(=O)(O)OC[C@H](N)C(=O)O)OC(=O)CCCCCCCCC/C=C\CCCCCC. The van der Waals surface area contributed by atoms with Crippen molar-refractivity contribution in [3.63, 3.8) is 0 Å². The minimum atomic E-state index is -4.77. The average Bonchev–Trinajstić information content (AvgIpc) is 3.18. The number of aliphatic carboxylic acids is 1. The summed E-state index contributed by atoms with van der Waals surface area (Å²) in [5.74, 6) is -2.82. The van der Waals surface area contributed by atoms with Crippen LogP contribution < -0.4 is 5.73 Å². The third-order valence-electron chi connectivity index (χ3n) is 8.71. The van der Waals surface area contributed by atoms with Crippen LogP contribution in [-0.4, -0.2) is 65.7 Å². The first-order valence-corrected chi connectivity index (χ1v) is 22.8. The van der Waals surface area contributed by atoms with E-state index in [2.05, 4.69) is 54.8 Å². The number of nitrogens with two attached hydrogens (primary N) is 1. The van der Waals surface area contributed by atoms with Gasteiger partial charge in [0.1, 0.15) is 12.6 Å². The molecular formula is C44H74NO11P. The molecule has 0 amide bonds. The van der Waals surface area contributed by atoms with Crippen LogP contribution in [0.25, 0.3) is 0 Å². The second-order valence-corrected chi connectivity index (χ2v) is 15.6. The standard InChI is InChI=1S/C44H74NO11P/c1-3-5-7-9-11-13-15-17-18-20-22-24-26-28-30-34-43(48)56-40(37-54-57(51,52)55-38-41(45)44(49)50)36-53-42(47)35-31-33-39(46)32-29-27-25-23-21-19-16-14-12-10-8-6-4-2/h12-15,19,21,25,27,29,32,40-41H,3-11,16-18,20,22-24,26,28,30-31,33-38,45H2,1-2H3,(H,49,50)(H,51,52)/b14-12-,15-13-,21-19-,27-25-,32-29+/t40-,41+/m1/s1. The molecule has 0 fully saturated rings. The summed E-state index contributed by atoms with van der Waals surface area (Å²) >= 11 is 0. The monoisotopic (exact) mass is 823 g/mol. The van der Waals surface area contributed by atoms with Crippen molar-refractivity contribution >= 4 is 31.5 Å². The molecule has 0 aliphatic carbocycles. The van der Waals surface area contributed by atoms with Gasteiger partial charge in [-0.1, -0.05) is 133 Å². The summed E-state index contributed by atoms with van der Waals surface area (Å²) in [6.45, 7) is 2.50. The van der Waals surface area contributed by atoms with Crippen molar-refractivity contribution in [1.82, 2.24) is 0 Å². The van der Waals surface area contributed by atoms with Gasteiger partial charge in [-0.2, -0.15) is 0 Å². The number of phosphoric acid groups is 1. The topological polar surface area (TPSA) is 189 Å². The van der Waals surface area contributed by atoms with Gasteiger partial charge in [0.25, 0.3) is 0 Å². The molecule has 1 unspecified atom stereocenters. The quantitative estimate of drug-likeness (QED) is 0.0133. The first-order chi connectivity index (χ1) is 27.5. The third-order valence-corrected chi connectivity index (χ3v) is 9.67. The molecule has 0 rings (SSSR count). The molecule has 0 aromatic carbocycles. The fourth-order valence-corrected chi connectivity index (χ4v) is 6.08. The molecule has 0 aliphatic rings. The van der Waals surface area contributed by atoms with E-state index in [9.17, 15) is 28.6 Å². The van der Waals surface area contributed by atoms with Crippen molar-refractivity contribution in [2.24, 2.45) is 5.73 Å². The molecule has 0 bridgehead atoms. The molecule has 12 nitrogen and oxygen atoms in total. The van der Waals surface area contributed by atoms with Crippen molar-refractivity contribution < 1.29 is 52.3 Å². The zero-order valence-electron chi connectivity index (χ0n) is 34.9. The van der Waals surface area contributed by atoms with E-state index in [1.807, 2.05) is 6.08 Å². The van der Waals surface area contributed by atoms with Crippen LogP contribution in [-0.2, 0) is 42.3 Å². The number of phosphoric ester groups is 1. The van der Waals surface area contributed by atoms with Crippen molar-refractivity contribution in [3.05, 3.63) is 60.8 Å². The van der Waals surface area contributed by atoms with Gasteiger partial charge in [-0.15, -0.1) is 0 Å². The Hall–Kier alpha value is -3.15. The van der Waals surface area contributed by atoms with Crippen molar-refractivity contribution in [3.8, 4) is 0 Å². The highest BCUT2D eigenvalue weighted by Crippen LogP contribution is 2.43. The maximum absolute atomic E-state index is 12.6. The van der Waals surface area contributed by atoms with E-state index in [-0.39, 0.29) is 31.5 Å². The predicted octanol–water partition coefficient (Wildman–Crippen LogP) is 10.3. The van der Waals surface area contributed by atoms with Crippen LogP contribution in [0.5, 0.6) is 0 Å². The number of carbonyl (C=O) groups is 4. The highest BCUT2D eigenvalue weighted by molar-refractivity contribution is 7.47. The molecule has 0 saturated heterocycles. The largest absolute Gasteiger partial charge is 0.480 e. The average molecular weight is 824 g/mol. The molecule has 0 aliphatic heterocycles. The number of ether oxygens (including phenoxy) is 2. The van der Waals surface area contributed by atoms with E-state index >= 15 is 0 Å².